The van der Waals surface area contributed by atoms with E-state index in [0.29, 0.717) is 0 Å². The van der Waals surface area contributed by atoms with Gasteiger partial charge in [0.05, 0.1) is 0 Å². The second-order valence-corrected chi connectivity index (χ2v) is 4.70. The fraction of sp³-hybridized carbons (Fsp3) is 0.222. The van der Waals surface area contributed by atoms with Gasteiger partial charge in [0.2, 0.25) is 0 Å². The van der Waals surface area contributed by atoms with Gasteiger partial charge in [-0.3, -0.25) is 4.55 Å². The van der Waals surface area contributed by atoms with Crippen LogP contribution in [0.15, 0.2) is 18.2 Å². The Balaban J connectivity index is 2.71. The van der Waals surface area contributed by atoms with Crippen LogP contribution in [-0.4, -0.2) is 31.3 Å². The molecule has 6 nitrogen and oxygen atoms in total. The van der Waals surface area contributed by atoms with Gasteiger partial charge < -0.3 is 10.5 Å². The maximum atomic E-state index is 13.2. The number of benzene rings is 1. The SMILES string of the molecule is Nc1cccc(F)c1C(=O)OCCS(=O)(=O)O. The van der Waals surface area contributed by atoms with Gasteiger partial charge in [0.1, 0.15) is 23.7 Å². The van der Waals surface area contributed by atoms with E-state index in [-0.39, 0.29) is 5.69 Å². The van der Waals surface area contributed by atoms with Crippen molar-refractivity contribution in [2.75, 3.05) is 18.1 Å². The Kier molecular flexibility index (Phi) is 4.02. The first-order chi connectivity index (χ1) is 7.81. The van der Waals surface area contributed by atoms with Crippen LogP contribution in [0.1, 0.15) is 10.4 Å². The maximum absolute atomic E-state index is 13.2. The van der Waals surface area contributed by atoms with E-state index in [2.05, 4.69) is 4.74 Å². The fourth-order valence-corrected chi connectivity index (χ4v) is 1.36. The molecule has 0 bridgehead atoms. The molecule has 3 N–H and O–H groups in total. The van der Waals surface area contributed by atoms with Gasteiger partial charge in [-0.2, -0.15) is 8.42 Å². The van der Waals surface area contributed by atoms with Crippen molar-refractivity contribution in [1.29, 1.82) is 0 Å². The van der Waals surface area contributed by atoms with Crippen LogP contribution < -0.4 is 5.73 Å². The van der Waals surface area contributed by atoms with Crippen molar-refractivity contribution in [3.8, 4) is 0 Å². The van der Waals surface area contributed by atoms with E-state index in [1.165, 1.54) is 12.1 Å². The van der Waals surface area contributed by atoms with Crippen LogP contribution in [0.25, 0.3) is 0 Å². The molecule has 0 spiro atoms. The molecule has 0 amide bonds. The molecule has 1 aromatic rings. The Bertz CT molecular complexity index is 508. The molecule has 0 unspecified atom stereocenters. The lowest BCUT2D eigenvalue weighted by atomic mass is 10.2. The second kappa shape index (κ2) is 5.11. The van der Waals surface area contributed by atoms with Gasteiger partial charge in [-0.05, 0) is 12.1 Å². The summed E-state index contributed by atoms with van der Waals surface area (Å²) in [6, 6.07) is 3.65. The molecule has 0 fully saturated rings. The molecule has 0 aromatic heterocycles. The predicted molar refractivity (Wildman–Crippen MR) is 57.5 cm³/mol. The van der Waals surface area contributed by atoms with Gasteiger partial charge in [-0.1, -0.05) is 6.07 Å². The quantitative estimate of drug-likeness (QED) is 0.464. The van der Waals surface area contributed by atoms with E-state index in [1.54, 1.807) is 0 Å². The summed E-state index contributed by atoms with van der Waals surface area (Å²) in [6.45, 7) is -0.578. The number of ether oxygens (including phenoxy) is 1. The van der Waals surface area contributed by atoms with Crippen LogP contribution in [0.2, 0.25) is 0 Å². The number of nitrogen functional groups attached to an aromatic ring is 1. The lowest BCUT2D eigenvalue weighted by Gasteiger charge is -2.06. The highest BCUT2D eigenvalue weighted by Crippen LogP contribution is 2.16. The molecular weight excluding hydrogens is 253 g/mol. The molecule has 94 valence electrons. The molecular formula is C9H10FNO5S. The Morgan fingerprint density at radius 3 is 2.65 bits per heavy atom. The lowest BCUT2D eigenvalue weighted by molar-refractivity contribution is 0.0524. The molecule has 0 aliphatic carbocycles. The Labute approximate surface area is 96.9 Å². The van der Waals surface area contributed by atoms with Gasteiger partial charge in [0.15, 0.2) is 0 Å². The van der Waals surface area contributed by atoms with Gasteiger partial charge in [0.25, 0.3) is 10.1 Å². The van der Waals surface area contributed by atoms with Gasteiger partial charge in [-0.15, -0.1) is 0 Å². The normalized spacial score (nSPS) is 11.2. The minimum atomic E-state index is -4.22. The van der Waals surface area contributed by atoms with Crippen LogP contribution in [-0.2, 0) is 14.9 Å². The molecule has 0 aliphatic heterocycles. The summed E-state index contributed by atoms with van der Waals surface area (Å²) in [5.41, 5.74) is 4.81. The van der Waals surface area contributed by atoms with Gasteiger partial charge in [0, 0.05) is 5.69 Å². The topological polar surface area (TPSA) is 107 Å². The maximum Gasteiger partial charge on any atom is 0.343 e. The first-order valence-corrected chi connectivity index (χ1v) is 6.08. The molecule has 0 aliphatic rings. The smallest absolute Gasteiger partial charge is 0.343 e. The summed E-state index contributed by atoms with van der Waals surface area (Å²) in [6.07, 6.45) is 0. The fourth-order valence-electron chi connectivity index (χ4n) is 1.07. The van der Waals surface area contributed by atoms with Crippen molar-refractivity contribution < 1.29 is 26.9 Å². The van der Waals surface area contributed by atoms with Crippen LogP contribution in [0.3, 0.4) is 0 Å². The zero-order valence-electron chi connectivity index (χ0n) is 8.59. The highest BCUT2D eigenvalue weighted by atomic mass is 32.2. The minimum Gasteiger partial charge on any atom is -0.461 e. The average Bonchev–Trinajstić information content (AvgIpc) is 2.15. The molecule has 0 radical (unpaired) electrons. The average molecular weight is 263 g/mol. The summed E-state index contributed by atoms with van der Waals surface area (Å²) in [7, 11) is -4.22. The lowest BCUT2D eigenvalue weighted by Crippen LogP contribution is -2.16. The number of hydrogen-bond acceptors (Lipinski definition) is 5. The molecule has 0 saturated heterocycles. The molecule has 0 atom stereocenters. The van der Waals surface area contributed by atoms with Crippen LogP contribution in [0.5, 0.6) is 0 Å². The summed E-state index contributed by atoms with van der Waals surface area (Å²) >= 11 is 0. The molecule has 1 rings (SSSR count). The summed E-state index contributed by atoms with van der Waals surface area (Å²) in [4.78, 5) is 11.4. The van der Waals surface area contributed by atoms with Crippen molar-refractivity contribution in [2.24, 2.45) is 0 Å². The van der Waals surface area contributed by atoms with E-state index in [0.717, 1.165) is 6.07 Å². The van der Waals surface area contributed by atoms with Crippen molar-refractivity contribution in [2.45, 2.75) is 0 Å². The van der Waals surface area contributed by atoms with E-state index in [9.17, 15) is 17.6 Å². The third-order valence-electron chi connectivity index (χ3n) is 1.82. The van der Waals surface area contributed by atoms with Gasteiger partial charge >= 0.3 is 5.97 Å². The van der Waals surface area contributed by atoms with Crippen molar-refractivity contribution >= 4 is 21.8 Å². The summed E-state index contributed by atoms with van der Waals surface area (Å²) in [5.74, 6) is -2.70. The van der Waals surface area contributed by atoms with Crippen LogP contribution in [0, 0.1) is 5.82 Å². The van der Waals surface area contributed by atoms with Crippen molar-refractivity contribution in [3.05, 3.63) is 29.6 Å². The van der Waals surface area contributed by atoms with Crippen molar-refractivity contribution in [3.63, 3.8) is 0 Å². The van der Waals surface area contributed by atoms with E-state index in [4.69, 9.17) is 10.3 Å². The summed E-state index contributed by atoms with van der Waals surface area (Å²) < 4.78 is 46.8. The highest BCUT2D eigenvalue weighted by Gasteiger charge is 2.17. The first kappa shape index (κ1) is 13.4. The second-order valence-electron chi connectivity index (χ2n) is 3.13. The zero-order valence-corrected chi connectivity index (χ0v) is 9.41. The molecule has 0 heterocycles. The number of carbonyl (C=O) groups excluding carboxylic acids is 1. The standard InChI is InChI=1S/C9H10FNO5S/c10-6-2-1-3-7(11)8(6)9(12)16-4-5-17(13,14)15/h1-3H,4-5,11H2,(H,13,14,15). The summed E-state index contributed by atoms with van der Waals surface area (Å²) in [5, 5.41) is 0. The Morgan fingerprint density at radius 2 is 2.12 bits per heavy atom. The number of hydrogen-bond donors (Lipinski definition) is 2. The first-order valence-electron chi connectivity index (χ1n) is 4.47. The van der Waals surface area contributed by atoms with E-state index >= 15 is 0 Å². The Hall–Kier alpha value is -1.67. The van der Waals surface area contributed by atoms with E-state index < -0.39 is 39.8 Å². The molecule has 1 aromatic carbocycles. The van der Waals surface area contributed by atoms with Crippen LogP contribution in [0.4, 0.5) is 10.1 Å². The number of rotatable bonds is 4. The molecule has 17 heavy (non-hydrogen) atoms. The monoisotopic (exact) mass is 263 g/mol. The number of anilines is 1. The minimum absolute atomic E-state index is 0.109. The third kappa shape index (κ3) is 4.00. The predicted octanol–water partition coefficient (Wildman–Crippen LogP) is 0.453. The van der Waals surface area contributed by atoms with E-state index in [1.807, 2.05) is 0 Å². The number of esters is 1. The largest absolute Gasteiger partial charge is 0.461 e. The zero-order chi connectivity index (χ0) is 13.1. The van der Waals surface area contributed by atoms with Gasteiger partial charge in [-0.25, -0.2) is 9.18 Å². The highest BCUT2D eigenvalue weighted by molar-refractivity contribution is 7.85. The molecule has 0 saturated carbocycles. The third-order valence-corrected chi connectivity index (χ3v) is 2.51. The molecule has 8 heteroatoms. The Morgan fingerprint density at radius 1 is 1.47 bits per heavy atom. The number of carbonyl (C=O) groups is 1. The number of halogens is 1. The van der Waals surface area contributed by atoms with Crippen LogP contribution >= 0.6 is 0 Å². The number of nitrogens with two attached hydrogens (primary N) is 1. The van der Waals surface area contributed by atoms with Crippen molar-refractivity contribution in [1.82, 2.24) is 0 Å².